The Morgan fingerprint density at radius 2 is 2.29 bits per heavy atom. The Hall–Kier alpha value is -2.37. The van der Waals surface area contributed by atoms with Gasteiger partial charge in [0.05, 0.1) is 12.0 Å². The molecule has 0 unspecified atom stereocenters. The topological polar surface area (TPSA) is 72.9 Å². The lowest BCUT2D eigenvalue weighted by Crippen LogP contribution is -2.12. The van der Waals surface area contributed by atoms with Gasteiger partial charge in [0.25, 0.3) is 5.91 Å². The number of anilines is 2. The molecule has 0 aliphatic rings. The van der Waals surface area contributed by atoms with Crippen LogP contribution in [0.25, 0.3) is 0 Å². The van der Waals surface area contributed by atoms with Crippen LogP contribution in [0.5, 0.6) is 0 Å². The van der Waals surface area contributed by atoms with Crippen LogP contribution in [0.15, 0.2) is 30.7 Å². The summed E-state index contributed by atoms with van der Waals surface area (Å²) in [6.45, 7) is 0. The molecule has 17 heavy (non-hydrogen) atoms. The number of nitrogens with two attached hydrogens (primary N) is 1. The van der Waals surface area contributed by atoms with Crippen molar-refractivity contribution in [2.24, 2.45) is 7.05 Å². The molecule has 0 aliphatic heterocycles. The van der Waals surface area contributed by atoms with Gasteiger partial charge in [-0.2, -0.15) is 0 Å². The van der Waals surface area contributed by atoms with E-state index < -0.39 is 5.82 Å². The maximum Gasteiger partial charge on any atom is 0.275 e. The molecule has 0 saturated carbocycles. The second kappa shape index (κ2) is 4.25. The van der Waals surface area contributed by atoms with Gasteiger partial charge < -0.3 is 15.6 Å². The van der Waals surface area contributed by atoms with E-state index in [1.165, 1.54) is 24.5 Å². The molecule has 2 aromatic rings. The summed E-state index contributed by atoms with van der Waals surface area (Å²) in [6.07, 6.45) is 3.11. The number of hydrogen-bond acceptors (Lipinski definition) is 3. The Kier molecular flexibility index (Phi) is 2.78. The van der Waals surface area contributed by atoms with Crippen LogP contribution < -0.4 is 11.1 Å². The molecule has 0 spiro atoms. The average Bonchev–Trinajstić information content (AvgIpc) is 2.70. The molecule has 0 aliphatic carbocycles. The number of amides is 1. The van der Waals surface area contributed by atoms with Gasteiger partial charge in [-0.15, -0.1) is 0 Å². The first-order valence-electron chi connectivity index (χ1n) is 4.90. The quantitative estimate of drug-likeness (QED) is 0.771. The van der Waals surface area contributed by atoms with E-state index in [-0.39, 0.29) is 17.3 Å². The molecule has 1 aromatic heterocycles. The van der Waals surface area contributed by atoms with Crippen LogP contribution in [-0.2, 0) is 7.05 Å². The molecule has 1 heterocycles. The highest BCUT2D eigenvalue weighted by Crippen LogP contribution is 2.16. The lowest BCUT2D eigenvalue weighted by atomic mass is 10.2. The molecule has 1 aromatic carbocycles. The van der Waals surface area contributed by atoms with Gasteiger partial charge in [-0.3, -0.25) is 4.79 Å². The smallest absolute Gasteiger partial charge is 0.275 e. The van der Waals surface area contributed by atoms with Crippen LogP contribution in [-0.4, -0.2) is 15.5 Å². The van der Waals surface area contributed by atoms with Gasteiger partial charge in [0, 0.05) is 18.9 Å². The Labute approximate surface area is 97.1 Å². The Balaban J connectivity index is 2.15. The minimum absolute atomic E-state index is 0.0104. The highest BCUT2D eigenvalue weighted by molar-refractivity contribution is 6.02. The second-order valence-electron chi connectivity index (χ2n) is 3.61. The van der Waals surface area contributed by atoms with Gasteiger partial charge in [-0.25, -0.2) is 9.37 Å². The molecule has 0 atom stereocenters. The number of nitrogens with zero attached hydrogens (tertiary/aromatic N) is 2. The number of rotatable bonds is 2. The molecule has 2 rings (SSSR count). The van der Waals surface area contributed by atoms with Gasteiger partial charge in [-0.1, -0.05) is 0 Å². The van der Waals surface area contributed by atoms with Crippen molar-refractivity contribution in [3.8, 4) is 0 Å². The van der Waals surface area contributed by atoms with Crippen molar-refractivity contribution >= 4 is 17.3 Å². The maximum atomic E-state index is 12.9. The normalized spacial score (nSPS) is 10.2. The van der Waals surface area contributed by atoms with E-state index in [2.05, 4.69) is 10.3 Å². The third kappa shape index (κ3) is 2.41. The molecular weight excluding hydrogens is 223 g/mol. The van der Waals surface area contributed by atoms with Crippen LogP contribution in [0.1, 0.15) is 10.5 Å². The molecule has 6 heteroatoms. The monoisotopic (exact) mass is 234 g/mol. The van der Waals surface area contributed by atoms with Crippen molar-refractivity contribution in [1.29, 1.82) is 0 Å². The van der Waals surface area contributed by atoms with Crippen molar-refractivity contribution in [2.45, 2.75) is 0 Å². The summed E-state index contributed by atoms with van der Waals surface area (Å²) in [7, 11) is 1.76. The molecular formula is C11H11FN4O. The van der Waals surface area contributed by atoms with E-state index in [0.29, 0.717) is 5.69 Å². The lowest BCUT2D eigenvalue weighted by molar-refractivity contribution is 0.102. The molecule has 3 N–H and O–H groups in total. The third-order valence-corrected chi connectivity index (χ3v) is 2.19. The number of nitrogens with one attached hydrogen (secondary N) is 1. The van der Waals surface area contributed by atoms with Crippen molar-refractivity contribution in [3.63, 3.8) is 0 Å². The van der Waals surface area contributed by atoms with E-state index in [1.54, 1.807) is 17.8 Å². The van der Waals surface area contributed by atoms with E-state index in [0.717, 1.165) is 0 Å². The maximum absolute atomic E-state index is 12.9. The van der Waals surface area contributed by atoms with Gasteiger partial charge >= 0.3 is 0 Å². The SMILES string of the molecule is Cn1cnc(C(=O)Nc2ccc(F)c(N)c2)c1. The number of carbonyl (C=O) groups excluding carboxylic acids is 1. The molecule has 0 saturated heterocycles. The van der Waals surface area contributed by atoms with Gasteiger partial charge in [0.15, 0.2) is 0 Å². The summed E-state index contributed by atoms with van der Waals surface area (Å²) in [4.78, 5) is 15.6. The van der Waals surface area contributed by atoms with E-state index >= 15 is 0 Å². The molecule has 0 fully saturated rings. The number of aryl methyl sites for hydroxylation is 1. The second-order valence-corrected chi connectivity index (χ2v) is 3.61. The molecule has 5 nitrogen and oxygen atoms in total. The Morgan fingerprint density at radius 3 is 2.88 bits per heavy atom. The number of imidazole rings is 1. The summed E-state index contributed by atoms with van der Waals surface area (Å²) in [5.74, 6) is -0.877. The van der Waals surface area contributed by atoms with Gasteiger partial charge in [0.2, 0.25) is 0 Å². The lowest BCUT2D eigenvalue weighted by Gasteiger charge is -2.04. The minimum atomic E-state index is -0.513. The molecule has 88 valence electrons. The van der Waals surface area contributed by atoms with E-state index in [1.807, 2.05) is 0 Å². The van der Waals surface area contributed by atoms with Crippen LogP contribution in [0.2, 0.25) is 0 Å². The zero-order valence-corrected chi connectivity index (χ0v) is 9.14. The fourth-order valence-corrected chi connectivity index (χ4v) is 1.35. The summed E-state index contributed by atoms with van der Waals surface area (Å²) >= 11 is 0. The van der Waals surface area contributed by atoms with Crippen molar-refractivity contribution in [3.05, 3.63) is 42.2 Å². The number of halogens is 1. The Morgan fingerprint density at radius 1 is 1.53 bits per heavy atom. The molecule has 0 bridgehead atoms. The van der Waals surface area contributed by atoms with Crippen LogP contribution >= 0.6 is 0 Å². The third-order valence-electron chi connectivity index (χ3n) is 2.19. The number of benzene rings is 1. The predicted molar refractivity (Wildman–Crippen MR) is 62.0 cm³/mol. The zero-order valence-electron chi connectivity index (χ0n) is 9.14. The number of aromatic nitrogens is 2. The number of hydrogen-bond donors (Lipinski definition) is 2. The molecule has 0 radical (unpaired) electrons. The van der Waals surface area contributed by atoms with Crippen molar-refractivity contribution < 1.29 is 9.18 Å². The average molecular weight is 234 g/mol. The standard InChI is InChI=1S/C11H11FN4O/c1-16-5-10(14-6-16)11(17)15-7-2-3-8(12)9(13)4-7/h2-6H,13H2,1H3,(H,15,17). The highest BCUT2D eigenvalue weighted by Gasteiger charge is 2.09. The van der Waals surface area contributed by atoms with E-state index in [9.17, 15) is 9.18 Å². The fourth-order valence-electron chi connectivity index (χ4n) is 1.35. The fraction of sp³-hybridized carbons (Fsp3) is 0.0909. The first kappa shape index (κ1) is 11.1. The predicted octanol–water partition coefficient (Wildman–Crippen LogP) is 1.39. The van der Waals surface area contributed by atoms with E-state index in [4.69, 9.17) is 5.73 Å². The van der Waals surface area contributed by atoms with Crippen LogP contribution in [0, 0.1) is 5.82 Å². The van der Waals surface area contributed by atoms with Crippen molar-refractivity contribution in [1.82, 2.24) is 9.55 Å². The number of nitrogen functional groups attached to an aromatic ring is 1. The molecule has 1 amide bonds. The summed E-state index contributed by atoms with van der Waals surface area (Å²) in [5, 5.41) is 2.58. The Bertz CT molecular complexity index is 564. The van der Waals surface area contributed by atoms with Gasteiger partial charge in [0.1, 0.15) is 11.5 Å². The first-order valence-corrected chi connectivity index (χ1v) is 4.90. The summed E-state index contributed by atoms with van der Waals surface area (Å²) in [5.41, 5.74) is 6.10. The van der Waals surface area contributed by atoms with Crippen LogP contribution in [0.3, 0.4) is 0 Å². The minimum Gasteiger partial charge on any atom is -0.396 e. The summed E-state index contributed by atoms with van der Waals surface area (Å²) < 4.78 is 14.6. The first-order chi connectivity index (χ1) is 8.06. The summed E-state index contributed by atoms with van der Waals surface area (Å²) in [6, 6.07) is 3.99. The highest BCUT2D eigenvalue weighted by atomic mass is 19.1. The van der Waals surface area contributed by atoms with Gasteiger partial charge in [-0.05, 0) is 18.2 Å². The zero-order chi connectivity index (χ0) is 12.4. The largest absolute Gasteiger partial charge is 0.396 e. The van der Waals surface area contributed by atoms with Crippen molar-refractivity contribution in [2.75, 3.05) is 11.1 Å². The number of carbonyl (C=O) groups is 1. The van der Waals surface area contributed by atoms with Crippen LogP contribution in [0.4, 0.5) is 15.8 Å².